The Morgan fingerprint density at radius 2 is 2.14 bits per heavy atom. The number of hydrogen-bond acceptors (Lipinski definition) is 4. The number of aliphatic hydroxyl groups excluding tert-OH is 1. The molecule has 1 amide bonds. The van der Waals surface area contributed by atoms with E-state index in [0.717, 1.165) is 18.4 Å². The third-order valence-electron chi connectivity index (χ3n) is 3.96. The first-order chi connectivity index (χ1) is 10.2. The van der Waals surface area contributed by atoms with E-state index < -0.39 is 0 Å². The molecule has 0 saturated carbocycles. The fourth-order valence-corrected chi connectivity index (χ4v) is 2.61. The standard InChI is InChI=1S/C16H22N2O3/c1-12-3-4-14(11-19)10-18(12)16(20)15-7-5-13(6-8-15)9-17-21-2/h5-9,12,14,19H,3-4,10-11H2,1-2H3/b17-9+. The van der Waals surface area contributed by atoms with Crippen LogP contribution in [0.5, 0.6) is 0 Å². The minimum atomic E-state index is 0.0240. The molecular formula is C16H22N2O3. The summed E-state index contributed by atoms with van der Waals surface area (Å²) in [6.45, 7) is 2.83. The Labute approximate surface area is 125 Å². The SMILES string of the molecule is CO/N=C/c1ccc(C(=O)N2CC(CO)CCC2C)cc1. The van der Waals surface area contributed by atoms with Gasteiger partial charge >= 0.3 is 0 Å². The van der Waals surface area contributed by atoms with Crippen molar-refractivity contribution in [3.05, 3.63) is 35.4 Å². The largest absolute Gasteiger partial charge is 0.399 e. The summed E-state index contributed by atoms with van der Waals surface area (Å²) in [5.74, 6) is 0.217. The van der Waals surface area contributed by atoms with E-state index in [2.05, 4.69) is 16.9 Å². The summed E-state index contributed by atoms with van der Waals surface area (Å²) in [4.78, 5) is 19.1. The van der Waals surface area contributed by atoms with Crippen molar-refractivity contribution in [2.24, 2.45) is 11.1 Å². The van der Waals surface area contributed by atoms with Crippen molar-refractivity contribution in [1.82, 2.24) is 4.90 Å². The molecule has 2 rings (SSSR count). The van der Waals surface area contributed by atoms with Crippen LogP contribution >= 0.6 is 0 Å². The maximum absolute atomic E-state index is 12.6. The fraction of sp³-hybridized carbons (Fsp3) is 0.500. The third-order valence-corrected chi connectivity index (χ3v) is 3.96. The summed E-state index contributed by atoms with van der Waals surface area (Å²) in [7, 11) is 1.49. The van der Waals surface area contributed by atoms with Crippen LogP contribution in [0.4, 0.5) is 0 Å². The third kappa shape index (κ3) is 3.82. The zero-order valence-corrected chi connectivity index (χ0v) is 12.5. The molecule has 5 nitrogen and oxygen atoms in total. The molecule has 2 atom stereocenters. The van der Waals surface area contributed by atoms with Crippen LogP contribution in [0.1, 0.15) is 35.7 Å². The number of aliphatic hydroxyl groups is 1. The van der Waals surface area contributed by atoms with Gasteiger partial charge in [-0.3, -0.25) is 4.79 Å². The van der Waals surface area contributed by atoms with Crippen LogP contribution in [-0.4, -0.2) is 48.4 Å². The van der Waals surface area contributed by atoms with Crippen molar-refractivity contribution in [1.29, 1.82) is 0 Å². The number of nitrogens with zero attached hydrogens (tertiary/aromatic N) is 2. The lowest BCUT2D eigenvalue weighted by atomic mass is 9.93. The van der Waals surface area contributed by atoms with Gasteiger partial charge in [0.25, 0.3) is 5.91 Å². The van der Waals surface area contributed by atoms with Crippen molar-refractivity contribution in [2.45, 2.75) is 25.8 Å². The van der Waals surface area contributed by atoms with Gasteiger partial charge in [-0.25, -0.2) is 0 Å². The molecule has 0 radical (unpaired) electrons. The molecule has 0 bridgehead atoms. The van der Waals surface area contributed by atoms with Crippen molar-refractivity contribution in [2.75, 3.05) is 20.3 Å². The van der Waals surface area contributed by atoms with Crippen LogP contribution in [0.15, 0.2) is 29.4 Å². The Morgan fingerprint density at radius 3 is 2.76 bits per heavy atom. The molecular weight excluding hydrogens is 268 g/mol. The lowest BCUT2D eigenvalue weighted by Crippen LogP contribution is -2.46. The Morgan fingerprint density at radius 1 is 1.43 bits per heavy atom. The number of piperidine rings is 1. The van der Waals surface area contributed by atoms with Gasteiger partial charge in [0.1, 0.15) is 7.11 Å². The average Bonchev–Trinajstić information content (AvgIpc) is 2.53. The van der Waals surface area contributed by atoms with Gasteiger partial charge in [0, 0.05) is 24.8 Å². The number of benzene rings is 1. The van der Waals surface area contributed by atoms with Crippen molar-refractivity contribution >= 4 is 12.1 Å². The summed E-state index contributed by atoms with van der Waals surface area (Å²) in [6, 6.07) is 7.50. The second kappa shape index (κ2) is 7.22. The predicted octanol–water partition coefficient (Wildman–Crippen LogP) is 1.90. The van der Waals surface area contributed by atoms with Gasteiger partial charge in [0.15, 0.2) is 0 Å². The van der Waals surface area contributed by atoms with Gasteiger partial charge in [0.05, 0.1) is 6.21 Å². The minimum Gasteiger partial charge on any atom is -0.399 e. The molecule has 21 heavy (non-hydrogen) atoms. The summed E-state index contributed by atoms with van der Waals surface area (Å²) >= 11 is 0. The molecule has 1 saturated heterocycles. The van der Waals surface area contributed by atoms with Gasteiger partial charge in [-0.1, -0.05) is 17.3 Å². The Hall–Kier alpha value is -1.88. The van der Waals surface area contributed by atoms with Crippen LogP contribution in [0.3, 0.4) is 0 Å². The van der Waals surface area contributed by atoms with Crippen molar-refractivity contribution < 1.29 is 14.7 Å². The van der Waals surface area contributed by atoms with E-state index in [1.165, 1.54) is 7.11 Å². The second-order valence-corrected chi connectivity index (χ2v) is 5.47. The van der Waals surface area contributed by atoms with Gasteiger partial charge < -0.3 is 14.8 Å². The number of carbonyl (C=O) groups excluding carboxylic acids is 1. The van der Waals surface area contributed by atoms with Crippen LogP contribution in [-0.2, 0) is 4.84 Å². The highest BCUT2D eigenvalue weighted by atomic mass is 16.6. The normalized spacial score (nSPS) is 22.5. The molecule has 1 aliphatic heterocycles. The summed E-state index contributed by atoms with van der Waals surface area (Å²) in [5.41, 5.74) is 1.54. The van der Waals surface area contributed by atoms with E-state index in [1.54, 1.807) is 18.3 Å². The van der Waals surface area contributed by atoms with E-state index in [-0.39, 0.29) is 24.5 Å². The Bertz CT molecular complexity index is 499. The van der Waals surface area contributed by atoms with E-state index in [1.807, 2.05) is 17.0 Å². The fourth-order valence-electron chi connectivity index (χ4n) is 2.61. The number of carbonyl (C=O) groups is 1. The van der Waals surface area contributed by atoms with Crippen LogP contribution < -0.4 is 0 Å². The molecule has 1 aliphatic rings. The van der Waals surface area contributed by atoms with Crippen LogP contribution in [0.25, 0.3) is 0 Å². The topological polar surface area (TPSA) is 62.1 Å². The van der Waals surface area contributed by atoms with Gasteiger partial charge in [-0.05, 0) is 43.4 Å². The van der Waals surface area contributed by atoms with Crippen molar-refractivity contribution in [3.63, 3.8) is 0 Å². The van der Waals surface area contributed by atoms with Crippen LogP contribution in [0, 0.1) is 5.92 Å². The molecule has 0 aliphatic carbocycles. The van der Waals surface area contributed by atoms with E-state index in [9.17, 15) is 9.90 Å². The number of oxime groups is 1. The molecule has 1 aromatic rings. The Kier molecular flexibility index (Phi) is 5.33. The van der Waals surface area contributed by atoms with Crippen LogP contribution in [0.2, 0.25) is 0 Å². The lowest BCUT2D eigenvalue weighted by molar-refractivity contribution is 0.0489. The highest BCUT2D eigenvalue weighted by Crippen LogP contribution is 2.23. The molecule has 2 unspecified atom stereocenters. The van der Waals surface area contributed by atoms with Gasteiger partial charge in [0.2, 0.25) is 0 Å². The summed E-state index contributed by atoms with van der Waals surface area (Å²) < 4.78 is 0. The zero-order chi connectivity index (χ0) is 15.2. The highest BCUT2D eigenvalue weighted by molar-refractivity contribution is 5.95. The molecule has 0 spiro atoms. The molecule has 1 fully saturated rings. The molecule has 1 heterocycles. The maximum atomic E-state index is 12.6. The van der Waals surface area contributed by atoms with Crippen molar-refractivity contribution in [3.8, 4) is 0 Å². The van der Waals surface area contributed by atoms with Gasteiger partial charge in [-0.2, -0.15) is 0 Å². The predicted molar refractivity (Wildman–Crippen MR) is 81.4 cm³/mol. The molecule has 1 aromatic carbocycles. The molecule has 0 aromatic heterocycles. The van der Waals surface area contributed by atoms with E-state index in [4.69, 9.17) is 0 Å². The number of likely N-dealkylation sites (tertiary alicyclic amines) is 1. The highest BCUT2D eigenvalue weighted by Gasteiger charge is 2.29. The smallest absolute Gasteiger partial charge is 0.254 e. The zero-order valence-electron chi connectivity index (χ0n) is 12.5. The Balaban J connectivity index is 2.09. The molecule has 114 valence electrons. The first-order valence-corrected chi connectivity index (χ1v) is 7.24. The monoisotopic (exact) mass is 290 g/mol. The molecule has 1 N–H and O–H groups in total. The molecule has 5 heteroatoms. The average molecular weight is 290 g/mol. The number of rotatable bonds is 4. The minimum absolute atomic E-state index is 0.0240. The van der Waals surface area contributed by atoms with E-state index in [0.29, 0.717) is 12.1 Å². The first-order valence-electron chi connectivity index (χ1n) is 7.24. The number of hydrogen-bond donors (Lipinski definition) is 1. The summed E-state index contributed by atoms with van der Waals surface area (Å²) in [5, 5.41) is 13.0. The summed E-state index contributed by atoms with van der Waals surface area (Å²) in [6.07, 6.45) is 3.52. The van der Waals surface area contributed by atoms with E-state index >= 15 is 0 Å². The second-order valence-electron chi connectivity index (χ2n) is 5.47. The maximum Gasteiger partial charge on any atom is 0.254 e. The quantitative estimate of drug-likeness (QED) is 0.680. The number of amides is 1. The van der Waals surface area contributed by atoms with Gasteiger partial charge in [-0.15, -0.1) is 0 Å². The first kappa shape index (κ1) is 15.5. The lowest BCUT2D eigenvalue weighted by Gasteiger charge is -2.37.